The van der Waals surface area contributed by atoms with Gasteiger partial charge in [-0.1, -0.05) is 45.0 Å². The van der Waals surface area contributed by atoms with Crippen LogP contribution in [-0.4, -0.2) is 16.7 Å². The van der Waals surface area contributed by atoms with Crippen LogP contribution in [0, 0.1) is 12.1 Å². The molecule has 0 amide bonds. The summed E-state index contributed by atoms with van der Waals surface area (Å²) in [6, 6.07) is 34.0. The molecule has 200 valence electrons. The molecule has 0 radical (unpaired) electrons. The van der Waals surface area contributed by atoms with Crippen molar-refractivity contribution in [1.29, 1.82) is 0 Å². The minimum Gasteiger partial charge on any atom is -0.503 e. The van der Waals surface area contributed by atoms with Crippen LogP contribution in [0.3, 0.4) is 0 Å². The van der Waals surface area contributed by atoms with Gasteiger partial charge in [-0.05, 0) is 47.0 Å². The minimum absolute atomic E-state index is 0. The van der Waals surface area contributed by atoms with E-state index in [-0.39, 0.29) is 33.2 Å². The predicted molar refractivity (Wildman–Crippen MR) is 162 cm³/mol. The summed E-state index contributed by atoms with van der Waals surface area (Å²) in [7, 11) is 0. The van der Waals surface area contributed by atoms with Gasteiger partial charge in [0, 0.05) is 32.9 Å². The van der Waals surface area contributed by atoms with Gasteiger partial charge in [0.1, 0.15) is 11.5 Å². The Hall–Kier alpha value is -3.73. The molecule has 0 aliphatic carbocycles. The maximum Gasteiger partial charge on any atom is 2.00 e. The van der Waals surface area contributed by atoms with Gasteiger partial charge >= 0.3 is 21.1 Å². The van der Waals surface area contributed by atoms with Crippen LogP contribution >= 0.6 is 11.3 Å². The Bertz CT molecular complexity index is 1930. The number of rotatable bonds is 2. The van der Waals surface area contributed by atoms with Crippen molar-refractivity contribution in [3.05, 3.63) is 103 Å². The van der Waals surface area contributed by atoms with Gasteiger partial charge in [0.05, 0.1) is 5.52 Å². The van der Waals surface area contributed by atoms with Crippen molar-refractivity contribution in [3.63, 3.8) is 0 Å². The van der Waals surface area contributed by atoms with Gasteiger partial charge in [0.2, 0.25) is 6.71 Å². The molecule has 8 rings (SSSR count). The molecule has 2 aromatic heterocycles. The van der Waals surface area contributed by atoms with Crippen molar-refractivity contribution in [2.45, 2.75) is 26.2 Å². The molecule has 4 nitrogen and oxygen atoms in total. The molecule has 4 heterocycles. The largest absolute Gasteiger partial charge is 2.00 e. The van der Waals surface area contributed by atoms with Crippen LogP contribution in [0.1, 0.15) is 26.3 Å². The van der Waals surface area contributed by atoms with Gasteiger partial charge in [-0.3, -0.25) is 4.98 Å². The first-order chi connectivity index (χ1) is 19.4. The number of para-hydroxylation sites is 1. The summed E-state index contributed by atoms with van der Waals surface area (Å²) in [5.74, 6) is 3.18. The molecule has 0 atom stereocenters. The summed E-state index contributed by atoms with van der Waals surface area (Å²) in [5, 5.41) is 0.941. The van der Waals surface area contributed by atoms with Crippen LogP contribution in [-0.2, 0) is 26.5 Å². The number of nitrogens with zero attached hydrogens (tertiary/aromatic N) is 2. The number of aromatic nitrogens is 2. The molecule has 6 aromatic rings. The Morgan fingerprint density at radius 1 is 0.756 bits per heavy atom. The van der Waals surface area contributed by atoms with Gasteiger partial charge in [-0.15, -0.1) is 58.5 Å². The number of hydrogen-bond acceptors (Lipinski definition) is 5. The Labute approximate surface area is 257 Å². The van der Waals surface area contributed by atoms with E-state index in [1.165, 1.54) is 5.56 Å². The van der Waals surface area contributed by atoms with Crippen molar-refractivity contribution in [2.24, 2.45) is 0 Å². The van der Waals surface area contributed by atoms with Gasteiger partial charge in [0.15, 0.2) is 0 Å². The first-order valence-electron chi connectivity index (χ1n) is 13.4. The molecule has 0 bridgehead atoms. The molecule has 0 fully saturated rings. The Morgan fingerprint density at radius 3 is 2.15 bits per heavy atom. The molecule has 0 spiro atoms. The third kappa shape index (κ3) is 4.32. The van der Waals surface area contributed by atoms with E-state index in [0.717, 1.165) is 71.4 Å². The second-order valence-corrected chi connectivity index (χ2v) is 12.3. The molecular formula is C34H23BN2O2PtS. The van der Waals surface area contributed by atoms with E-state index < -0.39 is 0 Å². The normalized spacial score (nSPS) is 12.9. The minimum atomic E-state index is -0.140. The fourth-order valence-corrected chi connectivity index (χ4v) is 6.51. The third-order valence-electron chi connectivity index (χ3n) is 7.63. The van der Waals surface area contributed by atoms with Crippen molar-refractivity contribution in [1.82, 2.24) is 9.97 Å². The number of hydrogen-bond donors (Lipinski definition) is 0. The van der Waals surface area contributed by atoms with Gasteiger partial charge in [0.25, 0.3) is 0 Å². The second-order valence-electron chi connectivity index (χ2n) is 11.3. The average molecular weight is 730 g/mol. The van der Waals surface area contributed by atoms with Gasteiger partial charge < -0.3 is 14.5 Å². The monoisotopic (exact) mass is 729 g/mol. The molecule has 2 aliphatic heterocycles. The number of benzene rings is 4. The summed E-state index contributed by atoms with van der Waals surface area (Å²) in [6.45, 7) is 6.51. The molecule has 0 N–H and O–H groups in total. The standard InChI is InChI=1S/C34H23BN2O2S.Pt/c1-34(2,3)22-15-16-36-26(19-22)20-11-13-27-23(17-20)35-24-18-21(33-37-25-7-4-5-10-31(25)40-33)12-14-28(24)39-30-9-6-8-29(38-27)32(30)35;/h4-16,19H,1-3H3;/q-2;+2. The fourth-order valence-electron chi connectivity index (χ4n) is 5.56. The summed E-state index contributed by atoms with van der Waals surface area (Å²) >= 11 is 1.68. The Balaban J connectivity index is 0.00000276. The Morgan fingerprint density at radius 2 is 1.44 bits per heavy atom. The quantitative estimate of drug-likeness (QED) is 0.148. The first-order valence-corrected chi connectivity index (χ1v) is 14.2. The van der Waals surface area contributed by atoms with Crippen LogP contribution in [0.2, 0.25) is 0 Å². The van der Waals surface area contributed by atoms with Crippen molar-refractivity contribution < 1.29 is 30.5 Å². The van der Waals surface area contributed by atoms with E-state index in [1.807, 2.05) is 66.9 Å². The number of thiazole rings is 1. The molecule has 0 saturated carbocycles. The van der Waals surface area contributed by atoms with E-state index in [0.29, 0.717) is 0 Å². The van der Waals surface area contributed by atoms with E-state index in [1.54, 1.807) is 11.3 Å². The summed E-state index contributed by atoms with van der Waals surface area (Å²) < 4.78 is 14.0. The van der Waals surface area contributed by atoms with Crippen LogP contribution in [0.15, 0.2) is 85.1 Å². The SMILES string of the molecule is CC(C)(C)c1ccnc(-c2[c-]c3c(cc2)Oc2cccc4c2B3c2[c-]c(-c3nc5ccccc5s3)ccc2O4)c1.[Pt+2]. The zero-order valence-corrected chi connectivity index (χ0v) is 25.7. The molecule has 2 aliphatic rings. The molecule has 41 heavy (non-hydrogen) atoms. The van der Waals surface area contributed by atoms with Crippen LogP contribution in [0.5, 0.6) is 23.0 Å². The van der Waals surface area contributed by atoms with E-state index >= 15 is 0 Å². The van der Waals surface area contributed by atoms with Crippen molar-refractivity contribution in [2.75, 3.05) is 0 Å². The summed E-state index contributed by atoms with van der Waals surface area (Å²) in [6.07, 6.45) is 1.88. The number of pyridine rings is 1. The van der Waals surface area contributed by atoms with Crippen LogP contribution in [0.4, 0.5) is 0 Å². The molecule has 4 aromatic carbocycles. The summed E-state index contributed by atoms with van der Waals surface area (Å²) in [5.41, 5.74) is 7.97. The predicted octanol–water partition coefficient (Wildman–Crippen LogP) is 6.65. The second kappa shape index (κ2) is 9.68. The van der Waals surface area contributed by atoms with E-state index in [2.05, 4.69) is 51.1 Å². The van der Waals surface area contributed by atoms with Gasteiger partial charge in [-0.25, -0.2) is 0 Å². The van der Waals surface area contributed by atoms with Crippen molar-refractivity contribution >= 4 is 44.7 Å². The zero-order valence-electron chi connectivity index (χ0n) is 22.6. The van der Waals surface area contributed by atoms with E-state index in [9.17, 15) is 0 Å². The maximum atomic E-state index is 6.41. The maximum absolute atomic E-state index is 6.41. The van der Waals surface area contributed by atoms with Crippen molar-refractivity contribution in [3.8, 4) is 44.8 Å². The van der Waals surface area contributed by atoms with E-state index in [4.69, 9.17) is 19.4 Å². The first kappa shape index (κ1) is 26.2. The fraction of sp³-hybridized carbons (Fsp3) is 0.118. The molecule has 0 saturated heterocycles. The molecular weight excluding hydrogens is 706 g/mol. The van der Waals surface area contributed by atoms with Crippen LogP contribution in [0.25, 0.3) is 32.0 Å². The smallest absolute Gasteiger partial charge is 0.503 e. The molecule has 7 heteroatoms. The topological polar surface area (TPSA) is 44.2 Å². The Kier molecular flexibility index (Phi) is 6.18. The zero-order chi connectivity index (χ0) is 27.0. The van der Waals surface area contributed by atoms with Crippen LogP contribution < -0.4 is 25.9 Å². The third-order valence-corrected chi connectivity index (χ3v) is 8.70. The number of fused-ring (bicyclic) bond motifs is 5. The average Bonchev–Trinajstić information content (AvgIpc) is 3.41. The summed E-state index contributed by atoms with van der Waals surface area (Å²) in [4.78, 5) is 9.60. The number of ether oxygens (including phenoxy) is 2. The van der Waals surface area contributed by atoms with Gasteiger partial charge in [-0.2, -0.15) is 11.3 Å². The molecule has 0 unspecified atom stereocenters.